The van der Waals surface area contributed by atoms with Crippen LogP contribution in [0.25, 0.3) is 21.9 Å². The van der Waals surface area contributed by atoms with Gasteiger partial charge in [-0.15, -0.1) is 21.5 Å². The third-order valence-corrected chi connectivity index (χ3v) is 6.64. The fourth-order valence-corrected chi connectivity index (χ4v) is 5.48. The monoisotopic (exact) mass is 486 g/mol. The molecule has 0 saturated heterocycles. The van der Waals surface area contributed by atoms with Crippen molar-refractivity contribution in [3.05, 3.63) is 20.7 Å². The minimum Gasteiger partial charge on any atom is -0.611 e. The van der Waals surface area contributed by atoms with E-state index in [1.54, 1.807) is 18.5 Å². The first kappa shape index (κ1) is 17.9. The molecule has 24 heavy (non-hydrogen) atoms. The van der Waals surface area contributed by atoms with Gasteiger partial charge in [0.25, 0.3) is 0 Å². The molecule has 0 amide bonds. The number of hydrogen-bond donors (Lipinski definition) is 0. The van der Waals surface area contributed by atoms with Crippen LogP contribution in [0.4, 0.5) is 13.2 Å². The smallest absolute Gasteiger partial charge is 0.435 e. The van der Waals surface area contributed by atoms with Gasteiger partial charge in [0, 0.05) is 19.2 Å². The molecule has 128 valence electrons. The van der Waals surface area contributed by atoms with Gasteiger partial charge >= 0.3 is 6.18 Å². The van der Waals surface area contributed by atoms with Crippen LogP contribution in [-0.2, 0) is 24.4 Å². The van der Waals surface area contributed by atoms with E-state index in [1.807, 2.05) is 6.07 Å². The summed E-state index contributed by atoms with van der Waals surface area (Å²) >= 11 is 2.32. The van der Waals surface area contributed by atoms with E-state index in [2.05, 4.69) is 37.8 Å². The summed E-state index contributed by atoms with van der Waals surface area (Å²) in [6, 6.07) is 2.69. The van der Waals surface area contributed by atoms with Crippen molar-refractivity contribution in [2.45, 2.75) is 18.0 Å². The van der Waals surface area contributed by atoms with E-state index in [0.29, 0.717) is 21.3 Å². The van der Waals surface area contributed by atoms with Crippen LogP contribution in [0.1, 0.15) is 12.6 Å². The molecule has 0 spiro atoms. The average molecular weight is 486 g/mol. The molecule has 3 aromatic heterocycles. The largest absolute Gasteiger partial charge is 0.611 e. The van der Waals surface area contributed by atoms with Crippen LogP contribution in [0, 0.1) is 2.88 Å². The van der Waals surface area contributed by atoms with Gasteiger partial charge in [0.05, 0.1) is 2.88 Å². The highest BCUT2D eigenvalue weighted by Crippen LogP contribution is 2.37. The Morgan fingerprint density at radius 3 is 2.67 bits per heavy atom. The van der Waals surface area contributed by atoms with Gasteiger partial charge in [-0.25, -0.2) is 4.98 Å². The van der Waals surface area contributed by atoms with E-state index >= 15 is 0 Å². The fourth-order valence-electron chi connectivity index (χ4n) is 2.15. The lowest BCUT2D eigenvalue weighted by molar-refractivity contribution is -0.141. The van der Waals surface area contributed by atoms with E-state index in [-0.39, 0.29) is 11.2 Å². The molecule has 11 heteroatoms. The van der Waals surface area contributed by atoms with Crippen LogP contribution in [0.5, 0.6) is 0 Å². The molecule has 0 fully saturated rings. The van der Waals surface area contributed by atoms with E-state index in [0.717, 1.165) is 8.95 Å². The normalized spacial score (nSPS) is 13.6. The maximum absolute atomic E-state index is 12.8. The minimum absolute atomic E-state index is 0.103. The molecule has 3 rings (SSSR count). The summed E-state index contributed by atoms with van der Waals surface area (Å²) in [5, 5.41) is 6.88. The van der Waals surface area contributed by atoms with E-state index in [4.69, 9.17) is 0 Å². The zero-order valence-electron chi connectivity index (χ0n) is 12.4. The lowest BCUT2D eigenvalue weighted by atomic mass is 10.3. The number of aromatic nitrogens is 4. The van der Waals surface area contributed by atoms with Crippen LogP contribution in [-0.4, -0.2) is 30.1 Å². The Morgan fingerprint density at radius 1 is 1.33 bits per heavy atom. The fraction of sp³-hybridized carbons (Fsp3) is 0.308. The Bertz CT molecular complexity index is 909. The molecule has 1 unspecified atom stereocenters. The SMILES string of the molecule is CC[S+]([O-])c1cc(I)sc1-c1nc2cc(C(F)(F)F)nnc2n1C. The molecule has 0 saturated carbocycles. The maximum atomic E-state index is 12.8. The molecule has 0 aliphatic rings. The van der Waals surface area contributed by atoms with Crippen molar-refractivity contribution in [2.75, 3.05) is 5.75 Å². The summed E-state index contributed by atoms with van der Waals surface area (Å²) in [5.41, 5.74) is -0.737. The van der Waals surface area contributed by atoms with Crippen LogP contribution in [0.3, 0.4) is 0 Å². The quantitative estimate of drug-likeness (QED) is 0.417. The summed E-state index contributed by atoms with van der Waals surface area (Å²) < 4.78 is 53.1. The molecular formula is C13H10F3IN4OS2. The number of alkyl halides is 3. The van der Waals surface area contributed by atoms with Crippen molar-refractivity contribution in [3.8, 4) is 10.7 Å². The zero-order chi connectivity index (χ0) is 17.6. The van der Waals surface area contributed by atoms with Crippen molar-refractivity contribution in [1.29, 1.82) is 0 Å². The second kappa shape index (κ2) is 6.42. The van der Waals surface area contributed by atoms with Crippen molar-refractivity contribution in [3.63, 3.8) is 0 Å². The number of nitrogens with zero attached hydrogens (tertiary/aromatic N) is 4. The Labute approximate surface area is 155 Å². The lowest BCUT2D eigenvalue weighted by Crippen LogP contribution is -2.09. The van der Waals surface area contributed by atoms with E-state index in [1.165, 1.54) is 11.3 Å². The first-order chi connectivity index (χ1) is 11.2. The van der Waals surface area contributed by atoms with Crippen LogP contribution in [0.15, 0.2) is 17.0 Å². The topological polar surface area (TPSA) is 66.7 Å². The molecule has 0 radical (unpaired) electrons. The van der Waals surface area contributed by atoms with Crippen LogP contribution in [0.2, 0.25) is 0 Å². The number of thiophene rings is 1. The molecule has 3 aromatic rings. The van der Waals surface area contributed by atoms with Crippen molar-refractivity contribution >= 4 is 56.3 Å². The summed E-state index contributed by atoms with van der Waals surface area (Å²) in [6.07, 6.45) is -4.58. The van der Waals surface area contributed by atoms with Gasteiger partial charge in [0.2, 0.25) is 0 Å². The van der Waals surface area contributed by atoms with Crippen molar-refractivity contribution in [1.82, 2.24) is 19.7 Å². The standard InChI is InChI=1S/C13H10F3IN4OS2/c1-3-24(22)7-5-9(17)23-10(7)12-18-6-4-8(13(14,15)16)19-20-11(6)21(12)2/h4-5H,3H2,1-2H3. The highest BCUT2D eigenvalue weighted by atomic mass is 127. The molecule has 3 heterocycles. The van der Waals surface area contributed by atoms with Crippen LogP contribution >= 0.6 is 33.9 Å². The van der Waals surface area contributed by atoms with Gasteiger partial charge < -0.3 is 9.12 Å². The second-order valence-electron chi connectivity index (χ2n) is 4.81. The van der Waals surface area contributed by atoms with Crippen LogP contribution < -0.4 is 0 Å². The summed E-state index contributed by atoms with van der Waals surface area (Å²) in [6.45, 7) is 1.81. The molecule has 0 aliphatic heterocycles. The Kier molecular flexibility index (Phi) is 4.79. The highest BCUT2D eigenvalue weighted by Gasteiger charge is 2.34. The zero-order valence-corrected chi connectivity index (χ0v) is 16.2. The van der Waals surface area contributed by atoms with E-state index in [9.17, 15) is 17.7 Å². The number of rotatable bonds is 3. The number of imidazole rings is 1. The van der Waals surface area contributed by atoms with Crippen molar-refractivity contribution < 1.29 is 17.7 Å². The molecular weight excluding hydrogens is 476 g/mol. The number of fused-ring (bicyclic) bond motifs is 1. The first-order valence-electron chi connectivity index (χ1n) is 6.67. The minimum atomic E-state index is -4.58. The number of aryl methyl sites for hydroxylation is 1. The molecule has 0 aromatic carbocycles. The van der Waals surface area contributed by atoms with Gasteiger partial charge in [-0.3, -0.25) is 0 Å². The number of hydrogen-bond acceptors (Lipinski definition) is 5. The Morgan fingerprint density at radius 2 is 2.04 bits per heavy atom. The van der Waals surface area contributed by atoms with Crippen molar-refractivity contribution in [2.24, 2.45) is 7.05 Å². The Hall–Kier alpha value is -0.920. The van der Waals surface area contributed by atoms with Gasteiger partial charge in [-0.2, -0.15) is 13.2 Å². The molecule has 0 aliphatic carbocycles. The molecule has 0 bridgehead atoms. The second-order valence-corrected chi connectivity index (χ2v) is 9.46. The van der Waals surface area contributed by atoms with Gasteiger partial charge in [-0.1, -0.05) is 0 Å². The van der Waals surface area contributed by atoms with E-state index < -0.39 is 23.0 Å². The molecule has 0 N–H and O–H groups in total. The van der Waals surface area contributed by atoms with Gasteiger partial charge in [0.1, 0.15) is 16.1 Å². The Balaban J connectivity index is 2.19. The summed E-state index contributed by atoms with van der Waals surface area (Å²) in [7, 11) is 1.65. The lowest BCUT2D eigenvalue weighted by Gasteiger charge is -2.08. The molecule has 5 nitrogen and oxygen atoms in total. The predicted octanol–water partition coefficient (Wildman–Crippen LogP) is 3.84. The first-order valence-corrected chi connectivity index (χ1v) is 9.89. The summed E-state index contributed by atoms with van der Waals surface area (Å²) in [4.78, 5) is 5.59. The maximum Gasteiger partial charge on any atom is 0.435 e. The summed E-state index contributed by atoms with van der Waals surface area (Å²) in [5.74, 6) is 0.880. The third kappa shape index (κ3) is 3.13. The predicted molar refractivity (Wildman–Crippen MR) is 94.3 cm³/mol. The van der Waals surface area contributed by atoms with Gasteiger partial charge in [0.15, 0.2) is 22.1 Å². The van der Waals surface area contributed by atoms with Gasteiger partial charge in [-0.05, 0) is 40.7 Å². The average Bonchev–Trinajstić information content (AvgIpc) is 3.06. The third-order valence-electron chi connectivity index (χ3n) is 3.29. The highest BCUT2D eigenvalue weighted by molar-refractivity contribution is 14.1. The molecule has 1 atom stereocenters. The number of halogens is 4.